The van der Waals surface area contributed by atoms with Gasteiger partial charge >= 0.3 is 5.97 Å². The number of carbonyl (C=O) groups is 1. The third kappa shape index (κ3) is 5.35. The highest BCUT2D eigenvalue weighted by Gasteiger charge is 2.20. The second-order valence-electron chi connectivity index (χ2n) is 4.02. The lowest BCUT2D eigenvalue weighted by Crippen LogP contribution is -2.35. The van der Waals surface area contributed by atoms with E-state index in [0.717, 1.165) is 0 Å². The standard InChI is InChI=1S/C12H18N2O4S/c1-2-14(9-6-12(15)16)19(17,18)10-7-11-5-3-4-8-13-11/h3-5,8H,2,6-7,9-10H2,1H3,(H,15,16). The first-order valence-electron chi connectivity index (χ1n) is 6.05. The van der Waals surface area contributed by atoms with Crippen molar-refractivity contribution >= 4 is 16.0 Å². The Kier molecular flexibility index (Phi) is 5.91. The van der Waals surface area contributed by atoms with Gasteiger partial charge in [0, 0.05) is 31.4 Å². The predicted molar refractivity (Wildman–Crippen MR) is 71.2 cm³/mol. The van der Waals surface area contributed by atoms with E-state index in [-0.39, 0.29) is 25.3 Å². The number of aromatic nitrogens is 1. The molecular weight excluding hydrogens is 268 g/mol. The van der Waals surface area contributed by atoms with E-state index >= 15 is 0 Å². The van der Waals surface area contributed by atoms with E-state index in [1.54, 1.807) is 31.3 Å². The Morgan fingerprint density at radius 2 is 2.16 bits per heavy atom. The van der Waals surface area contributed by atoms with Crippen molar-refractivity contribution in [2.75, 3.05) is 18.8 Å². The van der Waals surface area contributed by atoms with Gasteiger partial charge < -0.3 is 5.11 Å². The first-order valence-corrected chi connectivity index (χ1v) is 7.66. The lowest BCUT2D eigenvalue weighted by Gasteiger charge is -2.19. The van der Waals surface area contributed by atoms with Crippen LogP contribution in [0.15, 0.2) is 24.4 Å². The van der Waals surface area contributed by atoms with E-state index in [0.29, 0.717) is 12.1 Å². The van der Waals surface area contributed by atoms with Crippen LogP contribution in [0.5, 0.6) is 0 Å². The summed E-state index contributed by atoms with van der Waals surface area (Å²) < 4.78 is 25.3. The Labute approximate surface area is 113 Å². The molecule has 0 aromatic carbocycles. The van der Waals surface area contributed by atoms with E-state index in [1.165, 1.54) is 4.31 Å². The van der Waals surface area contributed by atoms with Crippen LogP contribution >= 0.6 is 0 Å². The number of hydrogen-bond donors (Lipinski definition) is 1. The number of rotatable bonds is 8. The zero-order chi connectivity index (χ0) is 14.3. The van der Waals surface area contributed by atoms with Crippen LogP contribution in [0.25, 0.3) is 0 Å². The van der Waals surface area contributed by atoms with E-state index in [1.807, 2.05) is 0 Å². The Morgan fingerprint density at radius 3 is 2.68 bits per heavy atom. The molecule has 0 saturated carbocycles. The minimum Gasteiger partial charge on any atom is -0.481 e. The van der Waals surface area contributed by atoms with Gasteiger partial charge in [0.15, 0.2) is 0 Å². The van der Waals surface area contributed by atoms with Crippen LogP contribution < -0.4 is 0 Å². The average Bonchev–Trinajstić information content (AvgIpc) is 2.38. The van der Waals surface area contributed by atoms with Crippen LogP contribution in [0.3, 0.4) is 0 Å². The highest BCUT2D eigenvalue weighted by molar-refractivity contribution is 7.89. The molecule has 0 unspecified atom stereocenters. The highest BCUT2D eigenvalue weighted by atomic mass is 32.2. The molecule has 0 aliphatic rings. The molecule has 0 bridgehead atoms. The van der Waals surface area contributed by atoms with Crippen molar-refractivity contribution in [2.24, 2.45) is 0 Å². The summed E-state index contributed by atoms with van der Waals surface area (Å²) in [7, 11) is -3.44. The van der Waals surface area contributed by atoms with Crippen LogP contribution in [0, 0.1) is 0 Å². The number of pyridine rings is 1. The van der Waals surface area contributed by atoms with Gasteiger partial charge in [-0.2, -0.15) is 0 Å². The second kappa shape index (κ2) is 7.20. The normalized spacial score (nSPS) is 11.7. The molecule has 6 nitrogen and oxygen atoms in total. The summed E-state index contributed by atoms with van der Waals surface area (Å²) in [4.78, 5) is 14.6. The summed E-state index contributed by atoms with van der Waals surface area (Å²) in [6.45, 7) is 1.98. The molecular formula is C12H18N2O4S. The van der Waals surface area contributed by atoms with Crippen LogP contribution in [-0.4, -0.2) is 47.6 Å². The van der Waals surface area contributed by atoms with Gasteiger partial charge in [0.05, 0.1) is 12.2 Å². The van der Waals surface area contributed by atoms with Gasteiger partial charge in [-0.1, -0.05) is 13.0 Å². The molecule has 0 fully saturated rings. The summed E-state index contributed by atoms with van der Waals surface area (Å²) >= 11 is 0. The molecule has 1 aromatic rings. The molecule has 1 aromatic heterocycles. The van der Waals surface area contributed by atoms with E-state index in [9.17, 15) is 13.2 Å². The van der Waals surface area contributed by atoms with Crippen molar-refractivity contribution in [2.45, 2.75) is 19.8 Å². The minimum atomic E-state index is -3.44. The SMILES string of the molecule is CCN(CCC(=O)O)S(=O)(=O)CCc1ccccn1. The topological polar surface area (TPSA) is 87.6 Å². The smallest absolute Gasteiger partial charge is 0.304 e. The molecule has 1 heterocycles. The molecule has 1 rings (SSSR count). The summed E-state index contributed by atoms with van der Waals surface area (Å²) in [6.07, 6.45) is 1.76. The molecule has 0 aliphatic heterocycles. The summed E-state index contributed by atoms with van der Waals surface area (Å²) in [5.74, 6) is -1.06. The Bertz CT molecular complexity index is 502. The number of carboxylic acids is 1. The predicted octanol–water partition coefficient (Wildman–Crippen LogP) is 0.750. The van der Waals surface area contributed by atoms with E-state index < -0.39 is 16.0 Å². The third-order valence-corrected chi connectivity index (χ3v) is 4.61. The van der Waals surface area contributed by atoms with Crippen LogP contribution in [0.4, 0.5) is 0 Å². The van der Waals surface area contributed by atoms with E-state index in [4.69, 9.17) is 5.11 Å². The Balaban J connectivity index is 2.60. The second-order valence-corrected chi connectivity index (χ2v) is 6.11. The van der Waals surface area contributed by atoms with Crippen molar-refractivity contribution in [3.8, 4) is 0 Å². The number of carboxylic acid groups (broad SMARTS) is 1. The molecule has 19 heavy (non-hydrogen) atoms. The first kappa shape index (κ1) is 15.6. The quantitative estimate of drug-likeness (QED) is 0.762. The van der Waals surface area contributed by atoms with Gasteiger partial charge in [-0.15, -0.1) is 0 Å². The van der Waals surface area contributed by atoms with Gasteiger partial charge in [-0.25, -0.2) is 12.7 Å². The van der Waals surface area contributed by atoms with Crippen LogP contribution in [0.2, 0.25) is 0 Å². The van der Waals surface area contributed by atoms with Crippen molar-refractivity contribution in [3.05, 3.63) is 30.1 Å². The molecule has 7 heteroatoms. The molecule has 0 radical (unpaired) electrons. The fourth-order valence-corrected chi connectivity index (χ4v) is 3.11. The maximum atomic E-state index is 12.1. The Hall–Kier alpha value is -1.47. The fourth-order valence-electron chi connectivity index (χ4n) is 1.62. The molecule has 1 N–H and O–H groups in total. The summed E-state index contributed by atoms with van der Waals surface area (Å²) in [5.41, 5.74) is 0.709. The number of aryl methyl sites for hydroxylation is 1. The maximum Gasteiger partial charge on any atom is 0.304 e. The van der Waals surface area contributed by atoms with Gasteiger partial charge in [0.1, 0.15) is 0 Å². The molecule has 0 amide bonds. The fraction of sp³-hybridized carbons (Fsp3) is 0.500. The lowest BCUT2D eigenvalue weighted by molar-refractivity contribution is -0.137. The third-order valence-electron chi connectivity index (χ3n) is 2.66. The van der Waals surface area contributed by atoms with E-state index in [2.05, 4.69) is 4.98 Å². The molecule has 106 valence electrons. The summed E-state index contributed by atoms with van der Waals surface area (Å²) in [6, 6.07) is 5.34. The first-order chi connectivity index (χ1) is 8.95. The zero-order valence-corrected chi connectivity index (χ0v) is 11.6. The number of nitrogens with zero attached hydrogens (tertiary/aromatic N) is 2. The van der Waals surface area contributed by atoms with Crippen LogP contribution in [0.1, 0.15) is 19.0 Å². The average molecular weight is 286 g/mol. The minimum absolute atomic E-state index is 0.0103. The van der Waals surface area contributed by atoms with Gasteiger partial charge in [0.25, 0.3) is 0 Å². The van der Waals surface area contributed by atoms with Gasteiger partial charge in [0.2, 0.25) is 10.0 Å². The number of sulfonamides is 1. The van der Waals surface area contributed by atoms with Crippen LogP contribution in [-0.2, 0) is 21.2 Å². The monoisotopic (exact) mass is 286 g/mol. The largest absolute Gasteiger partial charge is 0.481 e. The van der Waals surface area contributed by atoms with Crippen molar-refractivity contribution in [1.29, 1.82) is 0 Å². The molecule has 0 spiro atoms. The van der Waals surface area contributed by atoms with Gasteiger partial charge in [-0.05, 0) is 12.1 Å². The molecule has 0 atom stereocenters. The zero-order valence-electron chi connectivity index (χ0n) is 10.8. The maximum absolute atomic E-state index is 12.1. The van der Waals surface area contributed by atoms with Crippen molar-refractivity contribution < 1.29 is 18.3 Å². The number of hydrogen-bond acceptors (Lipinski definition) is 4. The van der Waals surface area contributed by atoms with Gasteiger partial charge in [-0.3, -0.25) is 9.78 Å². The summed E-state index contributed by atoms with van der Waals surface area (Å²) in [5, 5.41) is 8.60. The molecule has 0 aliphatic carbocycles. The Morgan fingerprint density at radius 1 is 1.42 bits per heavy atom. The van der Waals surface area contributed by atoms with Crippen molar-refractivity contribution in [3.63, 3.8) is 0 Å². The lowest BCUT2D eigenvalue weighted by atomic mass is 10.3. The highest BCUT2D eigenvalue weighted by Crippen LogP contribution is 2.06. The molecule has 0 saturated heterocycles. The number of aliphatic carboxylic acids is 1. The van der Waals surface area contributed by atoms with Crippen molar-refractivity contribution in [1.82, 2.24) is 9.29 Å².